The maximum atomic E-state index is 12.9. The quantitative estimate of drug-likeness (QED) is 0.578. The molecule has 2 aromatic rings. The summed E-state index contributed by atoms with van der Waals surface area (Å²) in [6.45, 7) is 3.12. The SMILES string of the molecule is C[N+]1(Cc2c(C3=CC=CCC3)nc3ccccn23)CCC2(CC1)CN(C1=CCC=C(C(=O)O)C=C1)C(=O)O2. The maximum Gasteiger partial charge on any atom is 0.415 e. The number of nitrogens with zero attached hydrogens (tertiary/aromatic N) is 4. The first kappa shape index (κ1) is 24.4. The van der Waals surface area contributed by atoms with Crippen LogP contribution in [0.4, 0.5) is 4.79 Å². The van der Waals surface area contributed by atoms with E-state index in [1.807, 2.05) is 12.1 Å². The summed E-state index contributed by atoms with van der Waals surface area (Å²) in [6.07, 6.45) is 19.1. The molecule has 6 rings (SSSR count). The molecule has 2 saturated heterocycles. The van der Waals surface area contributed by atoms with Crippen molar-refractivity contribution in [2.45, 2.75) is 44.2 Å². The highest BCUT2D eigenvalue weighted by Crippen LogP contribution is 2.39. The van der Waals surface area contributed by atoms with Crippen molar-refractivity contribution in [3.05, 3.63) is 89.6 Å². The molecule has 4 aliphatic rings. The first-order valence-corrected chi connectivity index (χ1v) is 13.3. The molecule has 2 aliphatic carbocycles. The minimum atomic E-state index is -0.967. The Morgan fingerprint density at radius 2 is 2.05 bits per heavy atom. The number of ether oxygens (including phenoxy) is 1. The van der Waals surface area contributed by atoms with E-state index in [1.54, 1.807) is 23.1 Å². The van der Waals surface area contributed by atoms with E-state index in [4.69, 9.17) is 9.72 Å². The first-order valence-electron chi connectivity index (χ1n) is 13.3. The molecule has 0 saturated carbocycles. The third-order valence-corrected chi connectivity index (χ3v) is 8.32. The number of piperidine rings is 1. The lowest BCUT2D eigenvalue weighted by atomic mass is 9.89. The lowest BCUT2D eigenvalue weighted by Crippen LogP contribution is -2.55. The second kappa shape index (κ2) is 9.44. The fourth-order valence-corrected chi connectivity index (χ4v) is 6.02. The highest BCUT2D eigenvalue weighted by atomic mass is 16.6. The van der Waals surface area contributed by atoms with Gasteiger partial charge in [-0.1, -0.05) is 36.4 Å². The lowest BCUT2D eigenvalue weighted by Gasteiger charge is -2.43. The third-order valence-electron chi connectivity index (χ3n) is 8.32. The number of aromatic nitrogens is 2. The van der Waals surface area contributed by atoms with Gasteiger partial charge in [0.25, 0.3) is 0 Å². The molecule has 38 heavy (non-hydrogen) atoms. The number of quaternary nitrogens is 1. The lowest BCUT2D eigenvalue weighted by molar-refractivity contribution is -0.929. The predicted molar refractivity (Wildman–Crippen MR) is 144 cm³/mol. The van der Waals surface area contributed by atoms with Crippen molar-refractivity contribution in [3.8, 4) is 0 Å². The number of fused-ring (bicyclic) bond motifs is 1. The number of hydrogen-bond donors (Lipinski definition) is 1. The van der Waals surface area contributed by atoms with Crippen LogP contribution in [0.25, 0.3) is 11.2 Å². The normalized spacial score (nSPS) is 27.2. The number of carbonyl (C=O) groups is 2. The van der Waals surface area contributed by atoms with Gasteiger partial charge in [-0.15, -0.1) is 0 Å². The number of aliphatic carboxylic acids is 1. The van der Waals surface area contributed by atoms with Crippen LogP contribution in [0.15, 0.2) is 78.2 Å². The van der Waals surface area contributed by atoms with Gasteiger partial charge < -0.3 is 14.3 Å². The van der Waals surface area contributed by atoms with Crippen LogP contribution in [0.5, 0.6) is 0 Å². The number of carboxylic acid groups (broad SMARTS) is 1. The van der Waals surface area contributed by atoms with Crippen molar-refractivity contribution in [1.82, 2.24) is 14.3 Å². The number of pyridine rings is 1. The Kier molecular flexibility index (Phi) is 6.07. The number of allylic oxidation sites excluding steroid dienone is 7. The summed E-state index contributed by atoms with van der Waals surface area (Å²) < 4.78 is 9.10. The summed E-state index contributed by atoms with van der Waals surface area (Å²) in [4.78, 5) is 30.9. The number of amides is 1. The molecule has 2 aliphatic heterocycles. The Labute approximate surface area is 222 Å². The Morgan fingerprint density at radius 1 is 1.21 bits per heavy atom. The van der Waals surface area contributed by atoms with Gasteiger partial charge in [0.15, 0.2) is 0 Å². The number of imidazole rings is 1. The Bertz CT molecular complexity index is 1450. The van der Waals surface area contributed by atoms with Gasteiger partial charge in [0.1, 0.15) is 23.5 Å². The van der Waals surface area contributed by atoms with Gasteiger partial charge in [0, 0.05) is 24.7 Å². The van der Waals surface area contributed by atoms with Crippen LogP contribution < -0.4 is 0 Å². The van der Waals surface area contributed by atoms with Gasteiger partial charge in [-0.3, -0.25) is 9.30 Å². The monoisotopic (exact) mass is 513 g/mol. The van der Waals surface area contributed by atoms with E-state index >= 15 is 0 Å². The van der Waals surface area contributed by atoms with E-state index in [0.717, 1.165) is 61.1 Å². The highest BCUT2D eigenvalue weighted by molar-refractivity contribution is 5.90. The second-order valence-electron chi connectivity index (χ2n) is 11.0. The third kappa shape index (κ3) is 4.49. The van der Waals surface area contributed by atoms with Crippen LogP contribution in [-0.2, 0) is 16.1 Å². The second-order valence-corrected chi connectivity index (χ2v) is 11.0. The van der Waals surface area contributed by atoms with Crippen LogP contribution in [0, 0.1) is 0 Å². The van der Waals surface area contributed by atoms with Gasteiger partial charge in [-0.2, -0.15) is 0 Å². The summed E-state index contributed by atoms with van der Waals surface area (Å²) in [5.74, 6) is -0.967. The van der Waals surface area contributed by atoms with Crippen molar-refractivity contribution >= 4 is 23.3 Å². The number of carbonyl (C=O) groups excluding carboxylic acids is 1. The van der Waals surface area contributed by atoms with Gasteiger partial charge in [0.2, 0.25) is 0 Å². The molecule has 4 heterocycles. The minimum absolute atomic E-state index is 0.232. The van der Waals surface area contributed by atoms with Crippen LogP contribution >= 0.6 is 0 Å². The fourth-order valence-electron chi connectivity index (χ4n) is 6.02. The topological polar surface area (TPSA) is 84.1 Å². The number of likely N-dealkylation sites (tertiary alicyclic amines) is 1. The first-order chi connectivity index (χ1) is 18.3. The molecule has 8 nitrogen and oxygen atoms in total. The molecular formula is C30H33N4O4+. The van der Waals surface area contributed by atoms with Crippen molar-refractivity contribution in [2.24, 2.45) is 0 Å². The number of hydrogen-bond acceptors (Lipinski definition) is 4. The zero-order valence-corrected chi connectivity index (χ0v) is 21.7. The predicted octanol–water partition coefficient (Wildman–Crippen LogP) is 4.85. The van der Waals surface area contributed by atoms with E-state index in [9.17, 15) is 14.7 Å². The molecule has 2 aromatic heterocycles. The molecule has 2 fully saturated rings. The molecule has 1 spiro atoms. The summed E-state index contributed by atoms with van der Waals surface area (Å²) in [5, 5.41) is 9.30. The molecule has 1 amide bonds. The summed E-state index contributed by atoms with van der Waals surface area (Å²) in [7, 11) is 2.29. The standard InChI is InChI=1S/C30H32N4O4/c1-34(20-25-27(22-8-3-2-4-9-22)31-26-12-5-6-17-32(25)26)18-15-30(16-19-34)21-33(29(37)38-30)24-11-7-10-23(13-14-24)28(35)36/h2-3,5-6,8,10-14,17H,4,7,9,15-16,18-21H2,1H3/p+1. The highest BCUT2D eigenvalue weighted by Gasteiger charge is 2.51. The van der Waals surface area contributed by atoms with Crippen molar-refractivity contribution in [1.29, 1.82) is 0 Å². The fraction of sp³-hybridized carbons (Fsp3) is 0.367. The molecule has 0 aromatic carbocycles. The average Bonchev–Trinajstić information content (AvgIpc) is 3.32. The molecule has 0 atom stereocenters. The van der Waals surface area contributed by atoms with E-state index < -0.39 is 11.6 Å². The molecule has 8 heteroatoms. The largest absolute Gasteiger partial charge is 0.478 e. The molecule has 196 valence electrons. The number of carboxylic acids is 1. The maximum absolute atomic E-state index is 12.9. The van der Waals surface area contributed by atoms with Crippen LogP contribution in [0.2, 0.25) is 0 Å². The summed E-state index contributed by atoms with van der Waals surface area (Å²) in [5.41, 5.74) is 5.01. The van der Waals surface area contributed by atoms with Crippen LogP contribution in [0.3, 0.4) is 0 Å². The van der Waals surface area contributed by atoms with Gasteiger partial charge in [0.05, 0.1) is 37.9 Å². The zero-order chi connectivity index (χ0) is 26.3. The van der Waals surface area contributed by atoms with E-state index in [2.05, 4.69) is 48.0 Å². The van der Waals surface area contributed by atoms with Gasteiger partial charge in [-0.25, -0.2) is 14.6 Å². The molecular weight excluding hydrogens is 480 g/mol. The van der Waals surface area contributed by atoms with Crippen molar-refractivity contribution in [2.75, 3.05) is 26.7 Å². The van der Waals surface area contributed by atoms with Crippen LogP contribution in [-0.4, -0.2) is 68.2 Å². The van der Waals surface area contributed by atoms with Gasteiger partial charge >= 0.3 is 12.1 Å². The van der Waals surface area contributed by atoms with E-state index in [0.29, 0.717) is 18.7 Å². The Balaban J connectivity index is 1.19. The average molecular weight is 514 g/mol. The molecule has 0 radical (unpaired) electrons. The molecule has 1 N–H and O–H groups in total. The van der Waals surface area contributed by atoms with Crippen molar-refractivity contribution < 1.29 is 23.9 Å². The number of rotatable bonds is 5. The Hall–Kier alpha value is -3.91. The smallest absolute Gasteiger partial charge is 0.415 e. The molecule has 0 unspecified atom stereocenters. The molecule has 0 bridgehead atoms. The Morgan fingerprint density at radius 3 is 2.82 bits per heavy atom. The van der Waals surface area contributed by atoms with Gasteiger partial charge in [-0.05, 0) is 49.1 Å². The summed E-state index contributed by atoms with van der Waals surface area (Å²) >= 11 is 0. The van der Waals surface area contributed by atoms with E-state index in [-0.39, 0.29) is 11.7 Å². The van der Waals surface area contributed by atoms with Crippen LogP contribution in [0.1, 0.15) is 43.5 Å². The zero-order valence-electron chi connectivity index (χ0n) is 21.7. The van der Waals surface area contributed by atoms with E-state index in [1.165, 1.54) is 11.3 Å². The minimum Gasteiger partial charge on any atom is -0.478 e. The van der Waals surface area contributed by atoms with Crippen molar-refractivity contribution in [3.63, 3.8) is 0 Å². The summed E-state index contributed by atoms with van der Waals surface area (Å²) in [6, 6.07) is 6.15.